The van der Waals surface area contributed by atoms with Crippen LogP contribution in [0.5, 0.6) is 5.75 Å². The Balaban J connectivity index is 2.23. The highest BCUT2D eigenvalue weighted by Gasteiger charge is 2.27. The van der Waals surface area contributed by atoms with Crippen LogP contribution >= 0.6 is 0 Å². The monoisotopic (exact) mass is 263 g/mol. The summed E-state index contributed by atoms with van der Waals surface area (Å²) < 4.78 is 5.31. The number of ether oxygens (including phenoxy) is 1. The van der Waals surface area contributed by atoms with E-state index >= 15 is 0 Å². The number of hydrogen-bond acceptors (Lipinski definition) is 4. The van der Waals surface area contributed by atoms with Gasteiger partial charge in [-0.15, -0.1) is 0 Å². The number of nitrogens with one attached hydrogen (secondary N) is 1. The summed E-state index contributed by atoms with van der Waals surface area (Å²) in [5.74, 6) is 0.0989. The molecule has 102 valence electrons. The maximum Gasteiger partial charge on any atom is 0.265 e. The second-order valence-corrected chi connectivity index (χ2v) is 4.72. The van der Waals surface area contributed by atoms with Gasteiger partial charge >= 0.3 is 0 Å². The van der Waals surface area contributed by atoms with Crippen LogP contribution in [-0.2, 0) is 9.59 Å². The van der Waals surface area contributed by atoms with Crippen LogP contribution in [0, 0.1) is 0 Å². The summed E-state index contributed by atoms with van der Waals surface area (Å²) in [7, 11) is 0. The van der Waals surface area contributed by atoms with Crippen molar-refractivity contribution in [2.75, 3.05) is 23.8 Å². The molecule has 2 amide bonds. The fraction of sp³-hybridized carbons (Fsp3) is 0.385. The van der Waals surface area contributed by atoms with Gasteiger partial charge in [0.15, 0.2) is 6.61 Å². The molecule has 1 aliphatic rings. The summed E-state index contributed by atoms with van der Waals surface area (Å²) in [5.41, 5.74) is 6.76. The van der Waals surface area contributed by atoms with E-state index in [1.165, 1.54) is 4.90 Å². The number of rotatable bonds is 3. The number of nitrogen functional groups attached to an aromatic ring is 1. The Labute approximate surface area is 111 Å². The molecule has 1 aliphatic heterocycles. The molecule has 19 heavy (non-hydrogen) atoms. The Hall–Kier alpha value is -2.24. The van der Waals surface area contributed by atoms with Crippen LogP contribution < -0.4 is 20.7 Å². The van der Waals surface area contributed by atoms with E-state index in [1.54, 1.807) is 18.2 Å². The second-order valence-electron chi connectivity index (χ2n) is 4.72. The number of benzene rings is 1. The Morgan fingerprint density at radius 3 is 2.95 bits per heavy atom. The predicted molar refractivity (Wildman–Crippen MR) is 72.0 cm³/mol. The topological polar surface area (TPSA) is 84.7 Å². The lowest BCUT2D eigenvalue weighted by atomic mass is 10.2. The van der Waals surface area contributed by atoms with Crippen LogP contribution in [0.15, 0.2) is 18.2 Å². The quantitative estimate of drug-likeness (QED) is 0.779. The van der Waals surface area contributed by atoms with Gasteiger partial charge in [-0.05, 0) is 32.0 Å². The van der Waals surface area contributed by atoms with Gasteiger partial charge in [-0.2, -0.15) is 0 Å². The lowest BCUT2D eigenvalue weighted by Gasteiger charge is -2.29. The van der Waals surface area contributed by atoms with Gasteiger partial charge in [0, 0.05) is 11.7 Å². The first-order chi connectivity index (χ1) is 8.97. The summed E-state index contributed by atoms with van der Waals surface area (Å²) in [6, 6.07) is 5.06. The molecular formula is C13H17N3O3. The summed E-state index contributed by atoms with van der Waals surface area (Å²) in [5, 5.41) is 2.75. The molecule has 0 unspecified atom stereocenters. The zero-order valence-corrected chi connectivity index (χ0v) is 11.0. The normalized spacial score (nSPS) is 14.1. The third-order valence-electron chi connectivity index (χ3n) is 2.68. The maximum absolute atomic E-state index is 11.9. The first kappa shape index (κ1) is 13.2. The van der Waals surface area contributed by atoms with Crippen molar-refractivity contribution < 1.29 is 14.3 Å². The van der Waals surface area contributed by atoms with Crippen molar-refractivity contribution in [1.29, 1.82) is 0 Å². The molecule has 0 saturated carbocycles. The molecule has 0 aromatic heterocycles. The van der Waals surface area contributed by atoms with Crippen molar-refractivity contribution >= 4 is 23.2 Å². The van der Waals surface area contributed by atoms with E-state index in [-0.39, 0.29) is 31.0 Å². The van der Waals surface area contributed by atoms with Gasteiger partial charge in [0.2, 0.25) is 5.91 Å². The van der Waals surface area contributed by atoms with Gasteiger partial charge in [0.25, 0.3) is 5.91 Å². The number of carbonyl (C=O) groups excluding carboxylic acids is 2. The smallest absolute Gasteiger partial charge is 0.265 e. The van der Waals surface area contributed by atoms with E-state index in [0.29, 0.717) is 17.1 Å². The number of hydrogen-bond donors (Lipinski definition) is 2. The molecular weight excluding hydrogens is 246 g/mol. The summed E-state index contributed by atoms with van der Waals surface area (Å²) in [6.45, 7) is 3.64. The fourth-order valence-corrected chi connectivity index (χ4v) is 1.90. The highest BCUT2D eigenvalue weighted by atomic mass is 16.5. The highest BCUT2D eigenvalue weighted by molar-refractivity contribution is 6.02. The molecule has 0 spiro atoms. The Morgan fingerprint density at radius 1 is 1.53 bits per heavy atom. The van der Waals surface area contributed by atoms with Gasteiger partial charge in [0.05, 0.1) is 5.69 Å². The lowest BCUT2D eigenvalue weighted by molar-refractivity contribution is -0.125. The number of fused-ring (bicyclic) bond motifs is 1. The molecule has 1 aromatic carbocycles. The molecule has 1 heterocycles. The van der Waals surface area contributed by atoms with Crippen molar-refractivity contribution in [1.82, 2.24) is 5.32 Å². The van der Waals surface area contributed by atoms with Gasteiger partial charge < -0.3 is 15.8 Å². The average molecular weight is 263 g/mol. The van der Waals surface area contributed by atoms with Crippen molar-refractivity contribution in [3.63, 3.8) is 0 Å². The highest BCUT2D eigenvalue weighted by Crippen LogP contribution is 2.33. The Kier molecular flexibility index (Phi) is 3.59. The van der Waals surface area contributed by atoms with Crippen molar-refractivity contribution in [3.8, 4) is 5.75 Å². The minimum absolute atomic E-state index is 0.0309. The number of carbonyl (C=O) groups is 2. The minimum atomic E-state index is -0.253. The van der Waals surface area contributed by atoms with Crippen LogP contribution in [0.4, 0.5) is 11.4 Å². The average Bonchev–Trinajstić information content (AvgIpc) is 2.32. The first-order valence-electron chi connectivity index (χ1n) is 6.09. The molecule has 0 atom stereocenters. The number of amides is 2. The predicted octanol–water partition coefficient (Wildman–Crippen LogP) is 0.519. The van der Waals surface area contributed by atoms with E-state index in [1.807, 2.05) is 13.8 Å². The SMILES string of the molecule is CC(C)NC(=O)CN1C(=O)COc2ccc(N)cc21. The van der Waals surface area contributed by atoms with E-state index < -0.39 is 0 Å². The Morgan fingerprint density at radius 2 is 2.26 bits per heavy atom. The minimum Gasteiger partial charge on any atom is -0.482 e. The van der Waals surface area contributed by atoms with E-state index in [9.17, 15) is 9.59 Å². The molecule has 0 bridgehead atoms. The van der Waals surface area contributed by atoms with E-state index in [4.69, 9.17) is 10.5 Å². The van der Waals surface area contributed by atoms with E-state index in [0.717, 1.165) is 0 Å². The molecule has 0 saturated heterocycles. The van der Waals surface area contributed by atoms with Crippen LogP contribution in [0.25, 0.3) is 0 Å². The molecule has 0 radical (unpaired) electrons. The van der Waals surface area contributed by atoms with Crippen LogP contribution in [0.3, 0.4) is 0 Å². The van der Waals surface area contributed by atoms with Gasteiger partial charge in [-0.3, -0.25) is 14.5 Å². The standard InChI is InChI=1S/C13H17N3O3/c1-8(2)15-12(17)6-16-10-5-9(14)3-4-11(10)19-7-13(16)18/h3-5,8H,6-7,14H2,1-2H3,(H,15,17). The molecule has 6 nitrogen and oxygen atoms in total. The molecule has 6 heteroatoms. The van der Waals surface area contributed by atoms with Crippen LogP contribution in [0.2, 0.25) is 0 Å². The van der Waals surface area contributed by atoms with Gasteiger partial charge in [0.1, 0.15) is 12.3 Å². The van der Waals surface area contributed by atoms with Crippen LogP contribution in [-0.4, -0.2) is 31.0 Å². The zero-order chi connectivity index (χ0) is 14.0. The third kappa shape index (κ3) is 2.96. The molecule has 0 aliphatic carbocycles. The summed E-state index contributed by atoms with van der Waals surface area (Å²) in [4.78, 5) is 25.1. The maximum atomic E-state index is 11.9. The molecule has 0 fully saturated rings. The van der Waals surface area contributed by atoms with E-state index in [2.05, 4.69) is 5.32 Å². The van der Waals surface area contributed by atoms with Crippen molar-refractivity contribution in [3.05, 3.63) is 18.2 Å². The molecule has 1 aromatic rings. The van der Waals surface area contributed by atoms with Crippen LogP contribution in [0.1, 0.15) is 13.8 Å². The summed E-state index contributed by atoms with van der Waals surface area (Å²) in [6.07, 6.45) is 0. The number of anilines is 2. The third-order valence-corrected chi connectivity index (χ3v) is 2.68. The fourth-order valence-electron chi connectivity index (χ4n) is 1.90. The zero-order valence-electron chi connectivity index (χ0n) is 11.0. The molecule has 2 rings (SSSR count). The summed E-state index contributed by atoms with van der Waals surface area (Å²) >= 11 is 0. The first-order valence-corrected chi connectivity index (χ1v) is 6.09. The van der Waals surface area contributed by atoms with Gasteiger partial charge in [-0.1, -0.05) is 0 Å². The number of nitrogens with zero attached hydrogens (tertiary/aromatic N) is 1. The Bertz CT molecular complexity index is 514. The van der Waals surface area contributed by atoms with Gasteiger partial charge in [-0.25, -0.2) is 0 Å². The lowest BCUT2D eigenvalue weighted by Crippen LogP contribution is -2.46. The second kappa shape index (κ2) is 5.17. The molecule has 3 N–H and O–H groups in total. The van der Waals surface area contributed by atoms with Crippen molar-refractivity contribution in [2.24, 2.45) is 0 Å². The van der Waals surface area contributed by atoms with Crippen molar-refractivity contribution in [2.45, 2.75) is 19.9 Å². The number of nitrogens with two attached hydrogens (primary N) is 1. The largest absolute Gasteiger partial charge is 0.482 e.